The van der Waals surface area contributed by atoms with Crippen molar-refractivity contribution in [3.63, 3.8) is 0 Å². The number of amidine groups is 2. The number of anilines is 2. The minimum atomic E-state index is -0.203. The molecule has 64 heavy (non-hydrogen) atoms. The molecule has 6 aromatic rings. The normalized spacial score (nSPS) is 21.4. The van der Waals surface area contributed by atoms with Gasteiger partial charge in [-0.25, -0.2) is 9.98 Å². The highest BCUT2D eigenvalue weighted by molar-refractivity contribution is 6.13. The van der Waals surface area contributed by atoms with Gasteiger partial charge >= 0.3 is 0 Å². The van der Waals surface area contributed by atoms with Crippen LogP contribution in [0.2, 0.25) is 0 Å². The van der Waals surface area contributed by atoms with Crippen molar-refractivity contribution in [3.8, 4) is 22.3 Å². The lowest BCUT2D eigenvalue weighted by atomic mass is 9.79. The third kappa shape index (κ3) is 6.59. The fourth-order valence-corrected chi connectivity index (χ4v) is 11.1. The van der Waals surface area contributed by atoms with E-state index >= 15 is 0 Å². The van der Waals surface area contributed by atoms with E-state index in [1.807, 2.05) is 6.07 Å². The molecule has 3 atom stereocenters. The Morgan fingerprint density at radius 1 is 0.578 bits per heavy atom. The molecule has 4 nitrogen and oxygen atoms in total. The molecule has 6 aliphatic rings. The molecular formula is C60H50N4. The van der Waals surface area contributed by atoms with Gasteiger partial charge in [0.1, 0.15) is 12.0 Å². The van der Waals surface area contributed by atoms with Gasteiger partial charge in [-0.05, 0) is 117 Å². The van der Waals surface area contributed by atoms with Crippen molar-refractivity contribution in [2.24, 2.45) is 9.98 Å². The highest BCUT2D eigenvalue weighted by Crippen LogP contribution is 2.56. The Hall–Kier alpha value is -7.30. The van der Waals surface area contributed by atoms with Crippen LogP contribution in [0.25, 0.3) is 22.3 Å². The molecule has 0 amide bonds. The first-order valence-electron chi connectivity index (χ1n) is 22.9. The Morgan fingerprint density at radius 2 is 1.25 bits per heavy atom. The van der Waals surface area contributed by atoms with E-state index in [4.69, 9.17) is 9.98 Å². The van der Waals surface area contributed by atoms with Gasteiger partial charge in [-0.15, -0.1) is 0 Å². The molecule has 2 aliphatic heterocycles. The molecule has 0 bridgehead atoms. The number of allylic oxidation sites excluding steroid dienone is 11. The first kappa shape index (κ1) is 38.4. The van der Waals surface area contributed by atoms with E-state index in [2.05, 4.69) is 212 Å². The first-order valence-corrected chi connectivity index (χ1v) is 22.9. The van der Waals surface area contributed by atoms with Gasteiger partial charge in [-0.3, -0.25) is 0 Å². The van der Waals surface area contributed by atoms with E-state index in [0.717, 1.165) is 48.5 Å². The molecule has 0 saturated heterocycles. The summed E-state index contributed by atoms with van der Waals surface area (Å²) in [7, 11) is 0. The summed E-state index contributed by atoms with van der Waals surface area (Å²) in [4.78, 5) is 12.7. The third-order valence-corrected chi connectivity index (χ3v) is 14.4. The van der Waals surface area contributed by atoms with Gasteiger partial charge in [0.15, 0.2) is 5.84 Å². The number of hydrogen-bond acceptors (Lipinski definition) is 4. The Balaban J connectivity index is 0.900. The average Bonchev–Trinajstić information content (AvgIpc) is 3.81. The average molecular weight is 827 g/mol. The zero-order valence-corrected chi connectivity index (χ0v) is 36.4. The van der Waals surface area contributed by atoms with E-state index in [-0.39, 0.29) is 17.5 Å². The predicted molar refractivity (Wildman–Crippen MR) is 265 cm³/mol. The fraction of sp³-hybridized carbons (Fsp3) is 0.167. The number of fused-ring (bicyclic) bond motifs is 6. The second-order valence-corrected chi connectivity index (χ2v) is 18.5. The molecule has 4 aliphatic carbocycles. The van der Waals surface area contributed by atoms with Crippen LogP contribution < -0.4 is 10.2 Å². The van der Waals surface area contributed by atoms with E-state index in [0.29, 0.717) is 5.92 Å². The largest absolute Gasteiger partial charge is 0.344 e. The summed E-state index contributed by atoms with van der Waals surface area (Å²) < 4.78 is 0. The van der Waals surface area contributed by atoms with Gasteiger partial charge in [-0.1, -0.05) is 183 Å². The lowest BCUT2D eigenvalue weighted by Gasteiger charge is -2.29. The maximum atomic E-state index is 5.12. The number of nitrogens with zero attached hydrogens (tertiary/aromatic N) is 3. The van der Waals surface area contributed by atoms with E-state index in [9.17, 15) is 0 Å². The van der Waals surface area contributed by atoms with Gasteiger partial charge in [0, 0.05) is 39.9 Å². The molecule has 2 heterocycles. The van der Waals surface area contributed by atoms with E-state index in [1.54, 1.807) is 5.57 Å². The molecule has 0 radical (unpaired) electrons. The molecule has 3 unspecified atom stereocenters. The highest BCUT2D eigenvalue weighted by atomic mass is 15.2. The molecule has 0 aromatic heterocycles. The summed E-state index contributed by atoms with van der Waals surface area (Å²) in [5.74, 6) is 2.36. The lowest BCUT2D eigenvalue weighted by molar-refractivity contribution is 0.612. The van der Waals surface area contributed by atoms with Crippen LogP contribution in [0.5, 0.6) is 0 Å². The van der Waals surface area contributed by atoms with Crippen molar-refractivity contribution >= 4 is 23.0 Å². The van der Waals surface area contributed by atoms with Gasteiger partial charge in [0.05, 0.1) is 0 Å². The second kappa shape index (κ2) is 15.5. The number of aliphatic imine (C=N–C) groups is 2. The molecule has 310 valence electrons. The molecule has 6 aromatic carbocycles. The Bertz CT molecular complexity index is 3100. The van der Waals surface area contributed by atoms with Gasteiger partial charge in [0.2, 0.25) is 0 Å². The van der Waals surface area contributed by atoms with E-state index < -0.39 is 0 Å². The summed E-state index contributed by atoms with van der Waals surface area (Å²) >= 11 is 0. The topological polar surface area (TPSA) is 40.0 Å². The van der Waals surface area contributed by atoms with Crippen LogP contribution in [-0.4, -0.2) is 11.7 Å². The minimum absolute atomic E-state index is 0.0502. The maximum absolute atomic E-state index is 5.12. The highest BCUT2D eigenvalue weighted by Gasteiger charge is 2.42. The van der Waals surface area contributed by atoms with Crippen LogP contribution in [0, 0.1) is 0 Å². The fourth-order valence-electron chi connectivity index (χ4n) is 11.1. The van der Waals surface area contributed by atoms with Crippen molar-refractivity contribution in [2.75, 3.05) is 4.90 Å². The second-order valence-electron chi connectivity index (χ2n) is 18.5. The number of benzene rings is 6. The van der Waals surface area contributed by atoms with Crippen molar-refractivity contribution in [2.45, 2.75) is 62.9 Å². The number of hydrogen-bond donors (Lipinski definition) is 1. The predicted octanol–water partition coefficient (Wildman–Crippen LogP) is 14.5. The van der Waals surface area contributed by atoms with Crippen LogP contribution in [0.4, 0.5) is 11.4 Å². The minimum Gasteiger partial charge on any atom is -0.344 e. The van der Waals surface area contributed by atoms with Crippen molar-refractivity contribution in [1.29, 1.82) is 0 Å². The van der Waals surface area contributed by atoms with Gasteiger partial charge in [0.25, 0.3) is 0 Å². The molecule has 1 N–H and O–H groups in total. The van der Waals surface area contributed by atoms with Crippen molar-refractivity contribution in [1.82, 2.24) is 5.32 Å². The van der Waals surface area contributed by atoms with Crippen LogP contribution in [0.15, 0.2) is 232 Å². The zero-order valence-electron chi connectivity index (χ0n) is 36.4. The molecule has 0 spiro atoms. The first-order chi connectivity index (χ1) is 31.5. The van der Waals surface area contributed by atoms with Crippen LogP contribution in [-0.2, 0) is 5.41 Å². The Labute approximate surface area is 376 Å². The smallest absolute Gasteiger partial charge is 0.159 e. The molecule has 0 saturated carbocycles. The van der Waals surface area contributed by atoms with Gasteiger partial charge in [-0.2, -0.15) is 0 Å². The summed E-state index contributed by atoms with van der Waals surface area (Å²) in [5.41, 5.74) is 21.0. The standard InChI is InChI=1S/C60H50N4/c1-60(2)53-24-13-12-23-49(53)50-36-46(29-32-54(50)60)47-31-34-56-52(38-47)51-37-45(30-33-55(51)64(56)48-22-14-21-44(35-48)39-15-6-3-7-16-39)40-25-27-43(28-26-40)59-62-57(41-17-8-4-9-18-41)61-58(63-59)42-19-10-5-11-20-42/h3-22,24-25,27,29-36,38,49,51,57H,23,26,28,37H2,1-2H3,(H,61,62,63). The molecular weight excluding hydrogens is 777 g/mol. The lowest BCUT2D eigenvalue weighted by Crippen LogP contribution is -2.34. The number of rotatable bonds is 7. The van der Waals surface area contributed by atoms with Crippen molar-refractivity contribution in [3.05, 3.63) is 250 Å². The monoisotopic (exact) mass is 826 g/mol. The third-order valence-electron chi connectivity index (χ3n) is 14.4. The molecule has 4 heteroatoms. The Morgan fingerprint density at radius 3 is 2.03 bits per heavy atom. The summed E-state index contributed by atoms with van der Waals surface area (Å²) in [6.07, 6.45) is 20.1. The zero-order chi connectivity index (χ0) is 42.8. The van der Waals surface area contributed by atoms with Crippen molar-refractivity contribution < 1.29 is 0 Å². The van der Waals surface area contributed by atoms with Gasteiger partial charge < -0.3 is 10.2 Å². The SMILES string of the molecule is CC1(C)C2=CC=CCC2c2cc(-c3ccc4c(c3)C3CC(C5=CC=C(C6=NC(c7ccccc7)=NC(c7ccccc7)N6)CC5)=CC=C3N4c3cccc(-c4ccccc4)c3)ccc21. The van der Waals surface area contributed by atoms with E-state index in [1.165, 1.54) is 72.7 Å². The summed E-state index contributed by atoms with van der Waals surface area (Å²) in [5, 5.41) is 3.69. The number of nitrogens with one attached hydrogen (secondary N) is 1. The quantitative estimate of drug-likeness (QED) is 0.174. The summed E-state index contributed by atoms with van der Waals surface area (Å²) in [6, 6.07) is 55.1. The maximum Gasteiger partial charge on any atom is 0.159 e. The Kier molecular flexibility index (Phi) is 9.29. The van der Waals surface area contributed by atoms with Crippen LogP contribution >= 0.6 is 0 Å². The summed E-state index contributed by atoms with van der Waals surface area (Å²) in [6.45, 7) is 4.79. The van der Waals surface area contributed by atoms with Crippen LogP contribution in [0.3, 0.4) is 0 Å². The molecule has 12 rings (SSSR count). The van der Waals surface area contributed by atoms with Crippen LogP contribution in [0.1, 0.15) is 85.3 Å². The molecule has 0 fully saturated rings.